The lowest BCUT2D eigenvalue weighted by Gasteiger charge is -2.57. The van der Waals surface area contributed by atoms with Crippen LogP contribution < -0.4 is 0 Å². The molecule has 3 aliphatic carbocycles. The van der Waals surface area contributed by atoms with Crippen molar-refractivity contribution in [1.82, 2.24) is 0 Å². The average molecular weight is 330 g/mol. The van der Waals surface area contributed by atoms with Gasteiger partial charge >= 0.3 is 0 Å². The van der Waals surface area contributed by atoms with Crippen LogP contribution in [0.15, 0.2) is 30.9 Å². The minimum atomic E-state index is -0.922. The number of aliphatic hydroxyl groups excluding tert-OH is 1. The molecule has 0 saturated heterocycles. The Morgan fingerprint density at radius 2 is 2.17 bits per heavy atom. The molecule has 2 nitrogen and oxygen atoms in total. The van der Waals surface area contributed by atoms with Crippen molar-refractivity contribution in [1.29, 1.82) is 0 Å². The molecule has 2 saturated carbocycles. The zero-order valence-corrected chi connectivity index (χ0v) is 14.3. The number of benzene rings is 1. The van der Waals surface area contributed by atoms with Gasteiger partial charge in [0.15, 0.2) is 0 Å². The van der Waals surface area contributed by atoms with Crippen molar-refractivity contribution in [2.24, 2.45) is 17.3 Å². The van der Waals surface area contributed by atoms with Crippen LogP contribution in [0.3, 0.4) is 0 Å². The number of aliphatic hydroxyl groups is 1. The van der Waals surface area contributed by atoms with Crippen molar-refractivity contribution in [3.05, 3.63) is 42.0 Å². The van der Waals surface area contributed by atoms with Crippen molar-refractivity contribution < 1.29 is 14.6 Å². The molecular formula is C21H27FO2. The smallest absolute Gasteiger partial charge is 0.115 e. The molecule has 0 spiro atoms. The summed E-state index contributed by atoms with van der Waals surface area (Å²) in [5, 5.41) is 20.1. The maximum Gasteiger partial charge on any atom is 0.115 e. The number of phenolic OH excluding ortho intramolecular Hbond substituents is 1. The zero-order chi connectivity index (χ0) is 17.1. The number of halogens is 1. The molecule has 1 aromatic carbocycles. The van der Waals surface area contributed by atoms with E-state index in [4.69, 9.17) is 0 Å². The molecule has 0 aromatic heterocycles. The summed E-state index contributed by atoms with van der Waals surface area (Å²) in [4.78, 5) is 0. The summed E-state index contributed by atoms with van der Waals surface area (Å²) in [5.74, 6) is 0.367. The predicted molar refractivity (Wildman–Crippen MR) is 92.8 cm³/mol. The van der Waals surface area contributed by atoms with E-state index in [2.05, 4.69) is 13.5 Å². The topological polar surface area (TPSA) is 40.5 Å². The number of alkyl halides is 1. The van der Waals surface area contributed by atoms with Gasteiger partial charge in [0.25, 0.3) is 0 Å². The van der Waals surface area contributed by atoms with Crippen LogP contribution in [0.1, 0.15) is 50.2 Å². The van der Waals surface area contributed by atoms with Gasteiger partial charge < -0.3 is 10.2 Å². The van der Waals surface area contributed by atoms with Gasteiger partial charge in [-0.1, -0.05) is 19.1 Å². The van der Waals surface area contributed by atoms with Crippen LogP contribution in [-0.2, 0) is 11.8 Å². The standard InChI is InChI=1S/C21H27FO2/c1-3-6-21-8-7-20(2)12-15(24)11-17(20)19(21)18(22)10-13-9-14(23)4-5-16(13)21/h3-5,9,15,17-19,23-24H,1,6-8,10-12H2,2H3/t15?,17-,18?,19+,20+,21?/m0/s1. The summed E-state index contributed by atoms with van der Waals surface area (Å²) in [6, 6.07) is 5.47. The van der Waals surface area contributed by atoms with Crippen molar-refractivity contribution in [2.45, 2.75) is 63.1 Å². The van der Waals surface area contributed by atoms with Gasteiger partial charge in [0.05, 0.1) is 6.10 Å². The molecule has 0 bridgehead atoms. The molecule has 3 aliphatic rings. The van der Waals surface area contributed by atoms with Crippen LogP contribution >= 0.6 is 0 Å². The van der Waals surface area contributed by atoms with Gasteiger partial charge in [-0.3, -0.25) is 0 Å². The van der Waals surface area contributed by atoms with Gasteiger partial charge in [0.1, 0.15) is 11.9 Å². The molecule has 24 heavy (non-hydrogen) atoms. The quantitative estimate of drug-likeness (QED) is 0.794. The van der Waals surface area contributed by atoms with Crippen molar-refractivity contribution >= 4 is 0 Å². The van der Waals surface area contributed by atoms with Crippen LogP contribution in [0.2, 0.25) is 0 Å². The molecule has 0 aliphatic heterocycles. The minimum absolute atomic E-state index is 0.0491. The normalized spacial score (nSPS) is 43.6. The van der Waals surface area contributed by atoms with Crippen LogP contribution in [0, 0.1) is 17.3 Å². The van der Waals surface area contributed by atoms with Crippen molar-refractivity contribution in [3.8, 4) is 5.75 Å². The van der Waals surface area contributed by atoms with Crippen LogP contribution in [0.4, 0.5) is 4.39 Å². The van der Waals surface area contributed by atoms with Crippen molar-refractivity contribution in [2.75, 3.05) is 0 Å². The van der Waals surface area contributed by atoms with E-state index in [-0.39, 0.29) is 34.5 Å². The van der Waals surface area contributed by atoms with E-state index in [0.717, 1.165) is 31.2 Å². The molecule has 0 amide bonds. The third-order valence-corrected chi connectivity index (χ3v) is 7.28. The van der Waals surface area contributed by atoms with E-state index in [1.165, 1.54) is 5.56 Å². The van der Waals surface area contributed by atoms with Gasteiger partial charge in [-0.05, 0) is 66.7 Å². The number of aromatic hydroxyl groups is 1. The van der Waals surface area contributed by atoms with Gasteiger partial charge in [-0.2, -0.15) is 0 Å². The number of rotatable bonds is 2. The second-order valence-corrected chi connectivity index (χ2v) is 8.59. The fraction of sp³-hybridized carbons (Fsp3) is 0.619. The van der Waals surface area contributed by atoms with Gasteiger partial charge in [-0.15, -0.1) is 6.58 Å². The minimum Gasteiger partial charge on any atom is -0.508 e. The Kier molecular flexibility index (Phi) is 3.58. The number of hydrogen-bond acceptors (Lipinski definition) is 2. The molecule has 1 aromatic rings. The highest BCUT2D eigenvalue weighted by Gasteiger charge is 2.61. The molecule has 2 fully saturated rings. The third kappa shape index (κ3) is 2.10. The summed E-state index contributed by atoms with van der Waals surface area (Å²) in [5.41, 5.74) is 1.95. The van der Waals surface area contributed by atoms with Crippen LogP contribution in [-0.4, -0.2) is 22.5 Å². The first-order chi connectivity index (χ1) is 11.4. The molecule has 3 unspecified atom stereocenters. The Bertz CT molecular complexity index is 672. The molecular weight excluding hydrogens is 303 g/mol. The van der Waals surface area contributed by atoms with Crippen molar-refractivity contribution in [3.63, 3.8) is 0 Å². The van der Waals surface area contributed by atoms with E-state index >= 15 is 4.39 Å². The molecule has 4 rings (SSSR count). The second-order valence-electron chi connectivity index (χ2n) is 8.59. The highest BCUT2D eigenvalue weighted by Crippen LogP contribution is 2.64. The summed E-state index contributed by atoms with van der Waals surface area (Å²) < 4.78 is 15.4. The first-order valence-electron chi connectivity index (χ1n) is 9.15. The molecule has 0 radical (unpaired) electrons. The monoisotopic (exact) mass is 330 g/mol. The molecule has 130 valence electrons. The summed E-state index contributed by atoms with van der Waals surface area (Å²) in [6.07, 6.45) is 5.31. The summed E-state index contributed by atoms with van der Waals surface area (Å²) >= 11 is 0. The average Bonchev–Trinajstić information content (AvgIpc) is 2.81. The first kappa shape index (κ1) is 16.1. The Morgan fingerprint density at radius 1 is 1.38 bits per heavy atom. The predicted octanol–water partition coefficient (Wildman–Crippen LogP) is 4.29. The Morgan fingerprint density at radius 3 is 2.92 bits per heavy atom. The van der Waals surface area contributed by atoms with E-state index < -0.39 is 6.17 Å². The van der Waals surface area contributed by atoms with E-state index in [1.54, 1.807) is 12.1 Å². The Labute approximate surface area is 143 Å². The fourth-order valence-corrected chi connectivity index (χ4v) is 6.37. The van der Waals surface area contributed by atoms with Gasteiger partial charge in [0, 0.05) is 17.8 Å². The maximum atomic E-state index is 15.4. The zero-order valence-electron chi connectivity index (χ0n) is 14.3. The van der Waals surface area contributed by atoms with E-state index in [9.17, 15) is 10.2 Å². The number of hydrogen-bond donors (Lipinski definition) is 2. The lowest BCUT2D eigenvalue weighted by molar-refractivity contribution is -0.0363. The fourth-order valence-electron chi connectivity index (χ4n) is 6.37. The summed E-state index contributed by atoms with van der Waals surface area (Å²) in [6.45, 7) is 6.19. The number of fused-ring (bicyclic) bond motifs is 5. The van der Waals surface area contributed by atoms with Gasteiger partial charge in [-0.25, -0.2) is 4.39 Å². The number of allylic oxidation sites excluding steroid dienone is 1. The molecule has 2 N–H and O–H groups in total. The van der Waals surface area contributed by atoms with Gasteiger partial charge in [0.2, 0.25) is 0 Å². The molecule has 0 heterocycles. The lowest BCUT2D eigenvalue weighted by atomic mass is 9.47. The molecule has 3 heteroatoms. The van der Waals surface area contributed by atoms with E-state index in [1.807, 2.05) is 12.1 Å². The van der Waals surface area contributed by atoms with Crippen LogP contribution in [0.5, 0.6) is 5.75 Å². The highest BCUT2D eigenvalue weighted by atomic mass is 19.1. The molecule has 6 atom stereocenters. The Hall–Kier alpha value is -1.35. The summed E-state index contributed by atoms with van der Waals surface area (Å²) in [7, 11) is 0. The lowest BCUT2D eigenvalue weighted by Crippen LogP contribution is -2.55. The van der Waals surface area contributed by atoms with Crippen LogP contribution in [0.25, 0.3) is 0 Å². The highest BCUT2D eigenvalue weighted by molar-refractivity contribution is 5.45. The third-order valence-electron chi connectivity index (χ3n) is 7.28. The maximum absolute atomic E-state index is 15.4. The first-order valence-corrected chi connectivity index (χ1v) is 9.15. The van der Waals surface area contributed by atoms with E-state index in [0.29, 0.717) is 12.8 Å². The second kappa shape index (κ2) is 5.32. The number of phenols is 1. The SMILES string of the molecule is C=CCC12CC[C@]3(C)CC(O)C[C@H]3[C@@H]1C(F)Cc1cc(O)ccc12. The Balaban J connectivity index is 1.87. The largest absolute Gasteiger partial charge is 0.508 e.